The minimum absolute atomic E-state index is 0.468. The van der Waals surface area contributed by atoms with Crippen LogP contribution in [0.15, 0.2) is 41.9 Å². The summed E-state index contributed by atoms with van der Waals surface area (Å²) in [5.41, 5.74) is 4.06. The van der Waals surface area contributed by atoms with Gasteiger partial charge in [0.05, 0.1) is 6.04 Å². The van der Waals surface area contributed by atoms with Crippen molar-refractivity contribution in [1.29, 1.82) is 0 Å². The van der Waals surface area contributed by atoms with Crippen LogP contribution >= 0.6 is 11.3 Å². The summed E-state index contributed by atoms with van der Waals surface area (Å²) in [6, 6.07) is 11.6. The molecule has 1 aliphatic heterocycles. The predicted molar refractivity (Wildman–Crippen MR) is 116 cm³/mol. The highest BCUT2D eigenvalue weighted by atomic mass is 32.1. The maximum atomic E-state index is 3.75. The van der Waals surface area contributed by atoms with E-state index in [0.29, 0.717) is 6.04 Å². The van der Waals surface area contributed by atoms with E-state index in [1.54, 1.807) is 0 Å². The van der Waals surface area contributed by atoms with Gasteiger partial charge in [0.1, 0.15) is 0 Å². The lowest BCUT2D eigenvalue weighted by molar-refractivity contribution is 0.111. The van der Waals surface area contributed by atoms with Crippen molar-refractivity contribution in [2.75, 3.05) is 39.8 Å². The predicted octanol–water partition coefficient (Wildman–Crippen LogP) is 3.87. The second kappa shape index (κ2) is 8.57. The van der Waals surface area contributed by atoms with E-state index in [4.69, 9.17) is 0 Å². The molecule has 1 aromatic carbocycles. The Kier molecular flexibility index (Phi) is 5.93. The van der Waals surface area contributed by atoms with Crippen molar-refractivity contribution in [3.8, 4) is 0 Å². The normalized spacial score (nSPS) is 17.6. The van der Waals surface area contributed by atoms with Gasteiger partial charge in [-0.3, -0.25) is 4.90 Å². The number of nitrogens with zero attached hydrogens (tertiary/aromatic N) is 2. The van der Waals surface area contributed by atoms with Gasteiger partial charge >= 0.3 is 0 Å². The number of piperazine rings is 1. The van der Waals surface area contributed by atoms with Crippen LogP contribution in [0.3, 0.4) is 0 Å². The summed E-state index contributed by atoms with van der Waals surface area (Å²) in [7, 11) is 2.22. The third kappa shape index (κ3) is 4.11. The van der Waals surface area contributed by atoms with Gasteiger partial charge in [-0.15, -0.1) is 11.3 Å². The molecular weight excluding hydrogens is 352 g/mol. The summed E-state index contributed by atoms with van der Waals surface area (Å²) >= 11 is 1.88. The third-order valence-electron chi connectivity index (χ3n) is 5.77. The van der Waals surface area contributed by atoms with Crippen molar-refractivity contribution in [2.45, 2.75) is 25.9 Å². The van der Waals surface area contributed by atoms with Crippen LogP contribution in [0.4, 0.5) is 0 Å². The molecule has 0 spiro atoms. The second-order valence-corrected chi connectivity index (χ2v) is 8.49. The molecule has 0 bridgehead atoms. The average Bonchev–Trinajstić information content (AvgIpc) is 3.36. The fraction of sp³-hybridized carbons (Fsp3) is 0.455. The monoisotopic (exact) mass is 382 g/mol. The van der Waals surface area contributed by atoms with E-state index >= 15 is 0 Å². The number of nitrogens with one attached hydrogen (secondary N) is 2. The number of aromatic amines is 1. The molecule has 3 aromatic rings. The lowest BCUT2D eigenvalue weighted by atomic mass is 10.1. The largest absolute Gasteiger partial charge is 0.361 e. The average molecular weight is 383 g/mol. The van der Waals surface area contributed by atoms with E-state index in [1.807, 2.05) is 11.3 Å². The van der Waals surface area contributed by atoms with Gasteiger partial charge in [-0.05, 0) is 36.0 Å². The van der Waals surface area contributed by atoms with Crippen LogP contribution in [-0.4, -0.2) is 54.6 Å². The highest BCUT2D eigenvalue weighted by molar-refractivity contribution is 7.10. The van der Waals surface area contributed by atoms with Crippen molar-refractivity contribution in [3.05, 3.63) is 57.9 Å². The number of rotatable bonds is 7. The Bertz CT molecular complexity index is 846. The number of aromatic nitrogens is 1. The zero-order valence-electron chi connectivity index (χ0n) is 16.4. The quantitative estimate of drug-likeness (QED) is 0.651. The second-order valence-electron chi connectivity index (χ2n) is 7.51. The smallest absolute Gasteiger partial charge is 0.0567 e. The number of benzene rings is 1. The molecule has 2 N–H and O–H groups in total. The molecule has 0 radical (unpaired) electrons. The fourth-order valence-corrected chi connectivity index (χ4v) is 4.94. The van der Waals surface area contributed by atoms with Gasteiger partial charge in [-0.2, -0.15) is 0 Å². The Labute approximate surface area is 166 Å². The maximum absolute atomic E-state index is 3.75. The van der Waals surface area contributed by atoms with E-state index < -0.39 is 0 Å². The molecule has 0 aliphatic carbocycles. The summed E-state index contributed by atoms with van der Waals surface area (Å²) in [4.78, 5) is 10.0. The Morgan fingerprint density at radius 1 is 1.11 bits per heavy atom. The number of thiophene rings is 1. The van der Waals surface area contributed by atoms with Crippen molar-refractivity contribution >= 4 is 22.2 Å². The summed E-state index contributed by atoms with van der Waals surface area (Å²) in [6.07, 6.45) is 3.24. The topological polar surface area (TPSA) is 34.3 Å². The van der Waals surface area contributed by atoms with Crippen molar-refractivity contribution in [2.24, 2.45) is 0 Å². The molecule has 4 nitrogen and oxygen atoms in total. The molecule has 2 aromatic heterocycles. The molecule has 0 saturated carbocycles. The van der Waals surface area contributed by atoms with E-state index in [0.717, 1.165) is 45.7 Å². The molecule has 5 heteroatoms. The van der Waals surface area contributed by atoms with Crippen LogP contribution in [0.5, 0.6) is 0 Å². The van der Waals surface area contributed by atoms with Crippen LogP contribution in [0.25, 0.3) is 10.9 Å². The summed E-state index contributed by atoms with van der Waals surface area (Å²) in [6.45, 7) is 8.72. The maximum Gasteiger partial charge on any atom is 0.0567 e. The van der Waals surface area contributed by atoms with Crippen molar-refractivity contribution in [1.82, 2.24) is 20.1 Å². The van der Waals surface area contributed by atoms with Gasteiger partial charge in [0.15, 0.2) is 0 Å². The first-order valence-electron chi connectivity index (χ1n) is 10.0. The van der Waals surface area contributed by atoms with Crippen LogP contribution in [0, 0.1) is 0 Å². The highest BCUT2D eigenvalue weighted by Gasteiger charge is 2.24. The molecule has 1 atom stereocenters. The van der Waals surface area contributed by atoms with Gasteiger partial charge < -0.3 is 15.2 Å². The van der Waals surface area contributed by atoms with Gasteiger partial charge in [0.2, 0.25) is 0 Å². The lowest BCUT2D eigenvalue weighted by Gasteiger charge is -2.37. The van der Waals surface area contributed by atoms with Crippen LogP contribution in [0.1, 0.15) is 29.0 Å². The summed E-state index contributed by atoms with van der Waals surface area (Å²) in [5.74, 6) is 0. The Morgan fingerprint density at radius 2 is 1.96 bits per heavy atom. The first-order valence-corrected chi connectivity index (χ1v) is 10.9. The van der Waals surface area contributed by atoms with E-state index in [2.05, 4.69) is 76.0 Å². The number of fused-ring (bicyclic) bond motifs is 1. The molecule has 1 aliphatic rings. The minimum Gasteiger partial charge on any atom is -0.361 e. The number of aryl methyl sites for hydroxylation is 1. The van der Waals surface area contributed by atoms with Gasteiger partial charge in [-0.25, -0.2) is 0 Å². The number of hydrogen-bond acceptors (Lipinski definition) is 4. The molecule has 3 heterocycles. The van der Waals surface area contributed by atoms with Gasteiger partial charge in [0.25, 0.3) is 0 Å². The van der Waals surface area contributed by atoms with E-state index in [1.165, 1.54) is 26.9 Å². The number of likely N-dealkylation sites (N-methyl/N-ethyl adjacent to an activating group) is 1. The zero-order chi connectivity index (χ0) is 18.6. The Morgan fingerprint density at radius 3 is 2.70 bits per heavy atom. The molecule has 0 unspecified atom stereocenters. The van der Waals surface area contributed by atoms with Crippen molar-refractivity contribution in [3.63, 3.8) is 0 Å². The molecular formula is C22H30N4S. The van der Waals surface area contributed by atoms with Crippen LogP contribution in [0.2, 0.25) is 0 Å². The van der Waals surface area contributed by atoms with Crippen LogP contribution < -0.4 is 5.32 Å². The SMILES string of the molecule is CCc1cccc2c(CNC[C@@H](c3cccs3)N3CCN(C)CC3)c[nH]c12. The molecule has 1 saturated heterocycles. The number of hydrogen-bond donors (Lipinski definition) is 2. The molecule has 144 valence electrons. The molecule has 4 rings (SSSR count). The van der Waals surface area contributed by atoms with Crippen molar-refractivity contribution < 1.29 is 0 Å². The highest BCUT2D eigenvalue weighted by Crippen LogP contribution is 2.26. The first kappa shape index (κ1) is 18.7. The minimum atomic E-state index is 0.468. The standard InChI is InChI=1S/C22H30N4S/c1-3-17-6-4-7-19-18(15-24-22(17)19)14-23-16-20(21-8-5-13-27-21)26-11-9-25(2)10-12-26/h4-8,13,15,20,23-24H,3,9-12,14,16H2,1-2H3/t20-/m0/s1. The fourth-order valence-electron chi connectivity index (χ4n) is 4.08. The molecule has 27 heavy (non-hydrogen) atoms. The van der Waals surface area contributed by atoms with E-state index in [-0.39, 0.29) is 0 Å². The summed E-state index contributed by atoms with van der Waals surface area (Å²) < 4.78 is 0. The third-order valence-corrected chi connectivity index (χ3v) is 6.75. The lowest BCUT2D eigenvalue weighted by Crippen LogP contribution is -2.47. The number of H-pyrrole nitrogens is 1. The van der Waals surface area contributed by atoms with E-state index in [9.17, 15) is 0 Å². The number of para-hydroxylation sites is 1. The van der Waals surface area contributed by atoms with Crippen LogP contribution in [-0.2, 0) is 13.0 Å². The van der Waals surface area contributed by atoms with Gasteiger partial charge in [-0.1, -0.05) is 31.2 Å². The van der Waals surface area contributed by atoms with Gasteiger partial charge in [0, 0.05) is 61.2 Å². The Hall–Kier alpha value is -1.66. The Balaban J connectivity index is 1.44. The molecule has 1 fully saturated rings. The first-order chi connectivity index (χ1) is 13.3. The summed E-state index contributed by atoms with van der Waals surface area (Å²) in [5, 5.41) is 7.30. The molecule has 0 amide bonds. The zero-order valence-corrected chi connectivity index (χ0v) is 17.2.